The van der Waals surface area contributed by atoms with E-state index in [0.29, 0.717) is 34.4 Å². The van der Waals surface area contributed by atoms with E-state index in [9.17, 15) is 9.90 Å². The molecule has 0 atom stereocenters. The standard InChI is InChI=1S/C16H18N8O2/c25-13-11(20-16(26)22-13)5-9-7-18-24-12(9)21-14(17-6-8-1-2-8)23-15(24)19-10-3-4-10/h5,7-8,10,25H,1-4,6H2,(H,17,19,23)(H2,20,22,26)/b9-5+. The number of nitrogens with zero attached hydrogens (tertiary/aromatic N) is 5. The van der Waals surface area contributed by atoms with Gasteiger partial charge in [-0.1, -0.05) is 0 Å². The fraction of sp³-hybridized carbons (Fsp3) is 0.438. The number of aromatic hydroxyl groups is 1. The lowest BCUT2D eigenvalue weighted by Gasteiger charge is -2.04. The lowest BCUT2D eigenvalue weighted by atomic mass is 10.3. The summed E-state index contributed by atoms with van der Waals surface area (Å²) in [5, 5.41) is 18.0. The number of imidazole rings is 1. The highest BCUT2D eigenvalue weighted by molar-refractivity contribution is 5.57. The smallest absolute Gasteiger partial charge is 0.326 e. The van der Waals surface area contributed by atoms with Crippen LogP contribution in [0.5, 0.6) is 5.88 Å². The largest absolute Gasteiger partial charge is 0.493 e. The summed E-state index contributed by atoms with van der Waals surface area (Å²) in [5.41, 5.74) is 0.883. The first kappa shape index (κ1) is 15.1. The van der Waals surface area contributed by atoms with Crippen molar-refractivity contribution < 1.29 is 5.11 Å². The molecule has 2 aliphatic carbocycles. The van der Waals surface area contributed by atoms with Crippen LogP contribution in [-0.2, 0) is 0 Å². The molecule has 2 aliphatic rings. The summed E-state index contributed by atoms with van der Waals surface area (Å²) >= 11 is 0. The van der Waals surface area contributed by atoms with Gasteiger partial charge in [0.05, 0.1) is 12.2 Å². The van der Waals surface area contributed by atoms with E-state index >= 15 is 0 Å². The van der Waals surface area contributed by atoms with Gasteiger partial charge in [-0.2, -0.15) is 19.6 Å². The summed E-state index contributed by atoms with van der Waals surface area (Å²) in [5.74, 6) is 0.987. The highest BCUT2D eigenvalue weighted by atomic mass is 16.3. The van der Waals surface area contributed by atoms with E-state index in [1.807, 2.05) is 0 Å². The predicted molar refractivity (Wildman–Crippen MR) is 92.4 cm³/mol. The Labute approximate surface area is 146 Å². The molecule has 134 valence electrons. The fourth-order valence-corrected chi connectivity index (χ4v) is 2.72. The Morgan fingerprint density at radius 1 is 1.31 bits per heavy atom. The average Bonchev–Trinajstić information content (AvgIpc) is 3.52. The van der Waals surface area contributed by atoms with E-state index in [4.69, 9.17) is 0 Å². The van der Waals surface area contributed by atoms with E-state index in [2.05, 4.69) is 35.3 Å². The van der Waals surface area contributed by atoms with Crippen molar-refractivity contribution in [1.29, 1.82) is 0 Å². The second kappa shape index (κ2) is 5.68. The van der Waals surface area contributed by atoms with Gasteiger partial charge < -0.3 is 15.4 Å². The maximum Gasteiger partial charge on any atom is 0.326 e. The fourth-order valence-electron chi connectivity index (χ4n) is 2.72. The molecule has 0 spiro atoms. The van der Waals surface area contributed by atoms with E-state index in [1.54, 1.807) is 16.8 Å². The highest BCUT2D eigenvalue weighted by Crippen LogP contribution is 2.28. The summed E-state index contributed by atoms with van der Waals surface area (Å²) in [6.07, 6.45) is 7.84. The van der Waals surface area contributed by atoms with Crippen LogP contribution in [0.4, 0.5) is 5.95 Å². The summed E-state index contributed by atoms with van der Waals surface area (Å²) in [6, 6.07) is 0.297. The average molecular weight is 354 g/mol. The Balaban J connectivity index is 1.65. The van der Waals surface area contributed by atoms with Gasteiger partial charge in [-0.15, -0.1) is 0 Å². The van der Waals surface area contributed by atoms with Crippen molar-refractivity contribution in [3.05, 3.63) is 33.2 Å². The molecule has 10 nitrogen and oxygen atoms in total. The minimum atomic E-state index is -0.476. The molecule has 0 aliphatic heterocycles. The minimum absolute atomic E-state index is 0.224. The van der Waals surface area contributed by atoms with Gasteiger partial charge in [-0.25, -0.2) is 9.79 Å². The van der Waals surface area contributed by atoms with Crippen molar-refractivity contribution in [1.82, 2.24) is 29.5 Å². The molecule has 0 radical (unpaired) electrons. The van der Waals surface area contributed by atoms with Crippen molar-refractivity contribution in [3.8, 4) is 5.88 Å². The zero-order valence-electron chi connectivity index (χ0n) is 13.9. The van der Waals surface area contributed by atoms with Crippen LogP contribution in [-0.4, -0.2) is 47.2 Å². The molecule has 26 heavy (non-hydrogen) atoms. The second-order valence-electron chi connectivity index (χ2n) is 6.85. The molecule has 3 aromatic heterocycles. The summed E-state index contributed by atoms with van der Waals surface area (Å²) in [4.78, 5) is 29.8. The Kier molecular flexibility index (Phi) is 3.30. The van der Waals surface area contributed by atoms with E-state index in [1.165, 1.54) is 12.8 Å². The second-order valence-corrected chi connectivity index (χ2v) is 6.85. The van der Waals surface area contributed by atoms with Gasteiger partial charge in [-0.3, -0.25) is 4.98 Å². The zero-order chi connectivity index (χ0) is 17.7. The van der Waals surface area contributed by atoms with Gasteiger partial charge in [0.2, 0.25) is 11.8 Å². The van der Waals surface area contributed by atoms with Crippen LogP contribution in [0, 0.1) is 5.92 Å². The minimum Gasteiger partial charge on any atom is -0.493 e. The third-order valence-corrected chi connectivity index (χ3v) is 4.50. The van der Waals surface area contributed by atoms with Crippen molar-refractivity contribution in [2.24, 2.45) is 10.9 Å². The summed E-state index contributed by atoms with van der Waals surface area (Å²) in [7, 11) is 0. The molecule has 0 saturated heterocycles. The van der Waals surface area contributed by atoms with E-state index < -0.39 is 5.69 Å². The van der Waals surface area contributed by atoms with Crippen molar-refractivity contribution in [2.45, 2.75) is 31.7 Å². The number of anilines is 1. The number of hydrogen-bond acceptors (Lipinski definition) is 7. The molecule has 5 rings (SSSR count). The molecule has 0 bridgehead atoms. The van der Waals surface area contributed by atoms with Gasteiger partial charge in [-0.05, 0) is 37.7 Å². The van der Waals surface area contributed by atoms with Gasteiger partial charge in [0, 0.05) is 11.8 Å². The first-order valence-corrected chi connectivity index (χ1v) is 8.72. The lowest BCUT2D eigenvalue weighted by molar-refractivity contribution is 0.454. The number of aromatic nitrogens is 6. The molecule has 0 unspecified atom stereocenters. The lowest BCUT2D eigenvalue weighted by Crippen LogP contribution is -2.25. The molecule has 0 aromatic carbocycles. The third-order valence-electron chi connectivity index (χ3n) is 4.50. The van der Waals surface area contributed by atoms with Crippen molar-refractivity contribution in [2.75, 3.05) is 11.9 Å². The SMILES string of the molecule is O=c1[nH]c(O)c(/C=c2\cnn3c(=NC4CC4)nc(NCC4CC4)nc23)[nH]1. The predicted octanol–water partition coefficient (Wildman–Crippen LogP) is -0.721. The number of nitrogens with one attached hydrogen (secondary N) is 3. The molecule has 3 heterocycles. The van der Waals surface area contributed by atoms with Crippen LogP contribution < -0.4 is 21.8 Å². The van der Waals surface area contributed by atoms with Crippen LogP contribution in [0.2, 0.25) is 0 Å². The number of hydrogen-bond donors (Lipinski definition) is 4. The van der Waals surface area contributed by atoms with E-state index in [-0.39, 0.29) is 11.6 Å². The van der Waals surface area contributed by atoms with Crippen LogP contribution in [0.1, 0.15) is 31.4 Å². The Morgan fingerprint density at radius 3 is 2.85 bits per heavy atom. The van der Waals surface area contributed by atoms with Crippen LogP contribution in [0.3, 0.4) is 0 Å². The molecular formula is C16H18N8O2. The number of H-pyrrole nitrogens is 2. The quantitative estimate of drug-likeness (QED) is 0.477. The first-order chi connectivity index (χ1) is 12.7. The Morgan fingerprint density at radius 2 is 2.15 bits per heavy atom. The molecule has 0 amide bonds. The van der Waals surface area contributed by atoms with E-state index in [0.717, 1.165) is 19.4 Å². The summed E-state index contributed by atoms with van der Waals surface area (Å²) in [6.45, 7) is 0.845. The van der Waals surface area contributed by atoms with Gasteiger partial charge in [0.25, 0.3) is 5.62 Å². The topological polar surface area (TPSA) is 136 Å². The maximum absolute atomic E-state index is 11.3. The monoisotopic (exact) mass is 354 g/mol. The van der Waals surface area contributed by atoms with Crippen molar-refractivity contribution >= 4 is 17.7 Å². The van der Waals surface area contributed by atoms with Crippen LogP contribution in [0.15, 0.2) is 16.0 Å². The Bertz CT molecular complexity index is 1150. The van der Waals surface area contributed by atoms with Crippen LogP contribution >= 0.6 is 0 Å². The van der Waals surface area contributed by atoms with Gasteiger partial charge in [0.1, 0.15) is 5.69 Å². The Hall–Kier alpha value is -3.17. The normalized spacial score (nSPS) is 18.8. The number of aromatic amines is 2. The molecule has 4 N–H and O–H groups in total. The molecule has 10 heteroatoms. The van der Waals surface area contributed by atoms with Crippen molar-refractivity contribution in [3.63, 3.8) is 0 Å². The molecule has 2 saturated carbocycles. The molecule has 2 fully saturated rings. The molecular weight excluding hydrogens is 336 g/mol. The number of rotatable bonds is 5. The third kappa shape index (κ3) is 2.93. The van der Waals surface area contributed by atoms with Gasteiger partial charge >= 0.3 is 5.69 Å². The zero-order valence-corrected chi connectivity index (χ0v) is 13.9. The highest BCUT2D eigenvalue weighted by Gasteiger charge is 2.22. The maximum atomic E-state index is 11.3. The van der Waals surface area contributed by atoms with Crippen LogP contribution in [0.25, 0.3) is 11.7 Å². The first-order valence-electron chi connectivity index (χ1n) is 8.72. The molecule has 3 aromatic rings. The summed E-state index contributed by atoms with van der Waals surface area (Å²) < 4.78 is 1.59. The van der Waals surface area contributed by atoms with Gasteiger partial charge in [0.15, 0.2) is 5.65 Å². The number of fused-ring (bicyclic) bond motifs is 1.